The molecule has 0 aliphatic carbocycles. The molecule has 2 aromatic carbocycles. The summed E-state index contributed by atoms with van der Waals surface area (Å²) in [6, 6.07) is 15.4. The molecule has 2 aromatic rings. The molecule has 0 bridgehead atoms. The van der Waals surface area contributed by atoms with E-state index in [0.717, 1.165) is 18.2 Å². The summed E-state index contributed by atoms with van der Waals surface area (Å²) in [6.45, 7) is 2.87. The standard InChI is InChI=1S/C27H35N3O7S/c1-18(2)23(30-27(35)37-15-19-10-6-4-7-11-19)25(33)29-22(17-38-16-20-12-8-5-9-13-20)24(32)28-21(14-31)26(34)36-3/h4-13,18,21-23,31H,14-17H2,1-3H3,(H,28,32)(H,29,33)(H,30,35)/t21-,22-,23-/m0/s1. The fourth-order valence-electron chi connectivity index (χ4n) is 3.33. The van der Waals surface area contributed by atoms with Gasteiger partial charge in [-0.1, -0.05) is 74.5 Å². The van der Waals surface area contributed by atoms with Gasteiger partial charge < -0.3 is 30.5 Å². The number of alkyl carbamates (subject to hydrolysis) is 1. The quantitative estimate of drug-likeness (QED) is 0.264. The summed E-state index contributed by atoms with van der Waals surface area (Å²) in [6.07, 6.45) is -0.770. The van der Waals surface area contributed by atoms with Crippen LogP contribution in [0.3, 0.4) is 0 Å². The van der Waals surface area contributed by atoms with Gasteiger partial charge >= 0.3 is 12.1 Å². The van der Waals surface area contributed by atoms with Crippen LogP contribution in [0.5, 0.6) is 0 Å². The van der Waals surface area contributed by atoms with E-state index in [1.54, 1.807) is 13.8 Å². The molecule has 0 heterocycles. The predicted molar refractivity (Wildman–Crippen MR) is 144 cm³/mol. The van der Waals surface area contributed by atoms with Gasteiger partial charge in [-0.15, -0.1) is 0 Å². The van der Waals surface area contributed by atoms with Gasteiger partial charge in [-0.3, -0.25) is 9.59 Å². The zero-order valence-corrected chi connectivity index (χ0v) is 22.5. The summed E-state index contributed by atoms with van der Waals surface area (Å²) < 4.78 is 9.84. The minimum Gasteiger partial charge on any atom is -0.467 e. The van der Waals surface area contributed by atoms with Gasteiger partial charge in [0.1, 0.15) is 18.7 Å². The highest BCUT2D eigenvalue weighted by molar-refractivity contribution is 7.98. The predicted octanol–water partition coefficient (Wildman–Crippen LogP) is 2.01. The second-order valence-electron chi connectivity index (χ2n) is 8.76. The van der Waals surface area contributed by atoms with Crippen LogP contribution in [-0.4, -0.2) is 66.6 Å². The number of aliphatic hydroxyl groups excluding tert-OH is 1. The first-order valence-corrected chi connectivity index (χ1v) is 13.3. The van der Waals surface area contributed by atoms with Gasteiger partial charge in [-0.05, 0) is 17.0 Å². The number of ether oxygens (including phenoxy) is 2. The summed E-state index contributed by atoms with van der Waals surface area (Å²) in [7, 11) is 1.14. The highest BCUT2D eigenvalue weighted by Gasteiger charge is 2.31. The number of hydrogen-bond donors (Lipinski definition) is 4. The molecule has 206 valence electrons. The summed E-state index contributed by atoms with van der Waals surface area (Å²) in [5.74, 6) is -1.63. The zero-order valence-electron chi connectivity index (χ0n) is 21.7. The molecule has 3 atom stereocenters. The van der Waals surface area contributed by atoms with Crippen LogP contribution in [0.15, 0.2) is 60.7 Å². The Morgan fingerprint density at radius 2 is 1.42 bits per heavy atom. The van der Waals surface area contributed by atoms with E-state index in [4.69, 9.17) is 4.74 Å². The van der Waals surface area contributed by atoms with Gasteiger partial charge in [-0.2, -0.15) is 11.8 Å². The van der Waals surface area contributed by atoms with Gasteiger partial charge in [0, 0.05) is 11.5 Å². The lowest BCUT2D eigenvalue weighted by Gasteiger charge is -2.26. The average Bonchev–Trinajstić information content (AvgIpc) is 2.93. The molecular formula is C27H35N3O7S. The SMILES string of the molecule is COC(=O)[C@H](CO)NC(=O)[C@H](CSCc1ccccc1)NC(=O)[C@@H](NC(=O)OCc1ccccc1)C(C)C. The highest BCUT2D eigenvalue weighted by atomic mass is 32.2. The molecule has 2 rings (SSSR count). The summed E-state index contributed by atoms with van der Waals surface area (Å²) in [5, 5.41) is 17.1. The molecule has 10 nitrogen and oxygen atoms in total. The largest absolute Gasteiger partial charge is 0.467 e. The Bertz CT molecular complexity index is 1040. The average molecular weight is 546 g/mol. The second kappa shape index (κ2) is 16.3. The molecule has 0 aromatic heterocycles. The van der Waals surface area contributed by atoms with E-state index in [1.165, 1.54) is 11.8 Å². The van der Waals surface area contributed by atoms with Crippen LogP contribution in [0.25, 0.3) is 0 Å². The second-order valence-corrected chi connectivity index (χ2v) is 9.79. The van der Waals surface area contributed by atoms with Crippen LogP contribution in [0, 0.1) is 5.92 Å². The number of hydrogen-bond acceptors (Lipinski definition) is 8. The third-order valence-corrected chi connectivity index (χ3v) is 6.56. The minimum absolute atomic E-state index is 0.0380. The first-order chi connectivity index (χ1) is 18.2. The number of esters is 1. The molecule has 0 radical (unpaired) electrons. The highest BCUT2D eigenvalue weighted by Crippen LogP contribution is 2.14. The van der Waals surface area contributed by atoms with Crippen molar-refractivity contribution in [1.82, 2.24) is 16.0 Å². The third kappa shape index (κ3) is 10.4. The Kier molecular flexibility index (Phi) is 13.2. The summed E-state index contributed by atoms with van der Waals surface area (Å²) >= 11 is 1.41. The smallest absolute Gasteiger partial charge is 0.408 e. The molecule has 0 aliphatic heterocycles. The molecule has 11 heteroatoms. The summed E-state index contributed by atoms with van der Waals surface area (Å²) in [5.41, 5.74) is 1.83. The van der Waals surface area contributed by atoms with Crippen molar-refractivity contribution in [3.8, 4) is 0 Å². The van der Waals surface area contributed by atoms with Crippen LogP contribution < -0.4 is 16.0 Å². The zero-order chi connectivity index (χ0) is 27.9. The molecule has 0 aliphatic rings. The Hall–Kier alpha value is -3.57. The van der Waals surface area contributed by atoms with Crippen LogP contribution in [0.4, 0.5) is 4.79 Å². The van der Waals surface area contributed by atoms with E-state index >= 15 is 0 Å². The van der Waals surface area contributed by atoms with Gasteiger partial charge in [0.15, 0.2) is 6.04 Å². The number of carbonyl (C=O) groups is 4. The lowest BCUT2D eigenvalue weighted by Crippen LogP contribution is -2.58. The lowest BCUT2D eigenvalue weighted by atomic mass is 10.0. The van der Waals surface area contributed by atoms with Gasteiger partial charge in [0.05, 0.1) is 13.7 Å². The molecule has 38 heavy (non-hydrogen) atoms. The fourth-order valence-corrected chi connectivity index (χ4v) is 4.35. The topological polar surface area (TPSA) is 143 Å². The molecule has 0 unspecified atom stereocenters. The number of nitrogens with one attached hydrogen (secondary N) is 3. The van der Waals surface area contributed by atoms with Crippen molar-refractivity contribution in [3.05, 3.63) is 71.8 Å². The van der Waals surface area contributed by atoms with Crippen molar-refractivity contribution in [1.29, 1.82) is 0 Å². The van der Waals surface area contributed by atoms with Gasteiger partial charge in [0.2, 0.25) is 11.8 Å². The monoisotopic (exact) mass is 545 g/mol. The molecular weight excluding hydrogens is 510 g/mol. The molecule has 0 fully saturated rings. The maximum absolute atomic E-state index is 13.2. The van der Waals surface area contributed by atoms with Crippen molar-refractivity contribution in [2.45, 2.75) is 44.3 Å². The van der Waals surface area contributed by atoms with E-state index in [-0.39, 0.29) is 18.3 Å². The maximum Gasteiger partial charge on any atom is 0.408 e. The molecule has 0 saturated heterocycles. The van der Waals surface area contributed by atoms with Crippen molar-refractivity contribution in [3.63, 3.8) is 0 Å². The van der Waals surface area contributed by atoms with Crippen molar-refractivity contribution < 1.29 is 33.8 Å². The number of rotatable bonds is 14. The van der Waals surface area contributed by atoms with Crippen molar-refractivity contribution in [2.24, 2.45) is 5.92 Å². The van der Waals surface area contributed by atoms with Crippen LogP contribution in [-0.2, 0) is 36.2 Å². The molecule has 3 amide bonds. The van der Waals surface area contributed by atoms with Crippen molar-refractivity contribution >= 4 is 35.6 Å². The van der Waals surface area contributed by atoms with E-state index < -0.39 is 48.6 Å². The van der Waals surface area contributed by atoms with E-state index in [1.807, 2.05) is 60.7 Å². The number of methoxy groups -OCH3 is 1. The lowest BCUT2D eigenvalue weighted by molar-refractivity contribution is -0.146. The number of thioether (sulfide) groups is 1. The van der Waals surface area contributed by atoms with Crippen LogP contribution in [0.1, 0.15) is 25.0 Å². The number of carbonyl (C=O) groups excluding carboxylic acids is 4. The first-order valence-electron chi connectivity index (χ1n) is 12.1. The normalized spacial score (nSPS) is 13.1. The van der Waals surface area contributed by atoms with E-state index in [2.05, 4.69) is 20.7 Å². The fraction of sp³-hybridized carbons (Fsp3) is 0.407. The van der Waals surface area contributed by atoms with E-state index in [0.29, 0.717) is 5.75 Å². The van der Waals surface area contributed by atoms with Crippen LogP contribution in [0.2, 0.25) is 0 Å². The molecule has 0 saturated carbocycles. The maximum atomic E-state index is 13.2. The number of benzene rings is 2. The number of amides is 3. The Labute approximate surface area is 226 Å². The Morgan fingerprint density at radius 1 is 0.842 bits per heavy atom. The molecule has 4 N–H and O–H groups in total. The number of aliphatic hydroxyl groups is 1. The minimum atomic E-state index is -1.28. The Morgan fingerprint density at radius 3 is 1.97 bits per heavy atom. The Balaban J connectivity index is 2.06. The van der Waals surface area contributed by atoms with E-state index in [9.17, 15) is 24.3 Å². The first kappa shape index (κ1) is 30.7. The van der Waals surface area contributed by atoms with Gasteiger partial charge in [-0.25, -0.2) is 9.59 Å². The van der Waals surface area contributed by atoms with Gasteiger partial charge in [0.25, 0.3) is 0 Å². The molecule has 0 spiro atoms. The van der Waals surface area contributed by atoms with Crippen LogP contribution >= 0.6 is 11.8 Å². The third-order valence-electron chi connectivity index (χ3n) is 5.45. The van der Waals surface area contributed by atoms with Crippen molar-refractivity contribution in [2.75, 3.05) is 19.5 Å². The summed E-state index contributed by atoms with van der Waals surface area (Å²) in [4.78, 5) is 50.4.